The lowest BCUT2D eigenvalue weighted by molar-refractivity contribution is -0.131. The number of rotatable bonds is 3. The minimum Gasteiger partial charge on any atom is -0.478 e. The number of aliphatic carboxylic acids is 1. The standard InChI is InChI=1S/C9H12N2O2S/c1-9(2,6(10)5-7(12)13)8-11-3-4-14-8/h3-5H,10H2,1-2H3,(H,12,13). The van der Waals surface area contributed by atoms with E-state index in [1.54, 1.807) is 6.20 Å². The highest BCUT2D eigenvalue weighted by Gasteiger charge is 2.26. The zero-order chi connectivity index (χ0) is 10.8. The van der Waals surface area contributed by atoms with Crippen molar-refractivity contribution in [2.75, 3.05) is 0 Å². The molecule has 0 aromatic carbocycles. The first-order chi connectivity index (χ1) is 6.44. The zero-order valence-corrected chi connectivity index (χ0v) is 8.84. The fourth-order valence-electron chi connectivity index (χ4n) is 0.969. The molecule has 3 N–H and O–H groups in total. The van der Waals surface area contributed by atoms with Crippen molar-refractivity contribution >= 4 is 17.3 Å². The van der Waals surface area contributed by atoms with E-state index in [4.69, 9.17) is 10.8 Å². The van der Waals surface area contributed by atoms with Crippen molar-refractivity contribution in [3.05, 3.63) is 28.4 Å². The highest BCUT2D eigenvalue weighted by Crippen LogP contribution is 2.29. The van der Waals surface area contributed by atoms with Gasteiger partial charge in [-0.3, -0.25) is 0 Å². The second-order valence-corrected chi connectivity index (χ2v) is 4.29. The molecule has 1 heterocycles. The van der Waals surface area contributed by atoms with Gasteiger partial charge in [0.05, 0.1) is 5.41 Å². The van der Waals surface area contributed by atoms with Crippen molar-refractivity contribution in [2.45, 2.75) is 19.3 Å². The molecule has 14 heavy (non-hydrogen) atoms. The monoisotopic (exact) mass is 212 g/mol. The third-order valence-electron chi connectivity index (χ3n) is 1.97. The van der Waals surface area contributed by atoms with Gasteiger partial charge in [-0.15, -0.1) is 11.3 Å². The van der Waals surface area contributed by atoms with E-state index in [2.05, 4.69) is 4.98 Å². The summed E-state index contributed by atoms with van der Waals surface area (Å²) in [6.45, 7) is 3.70. The van der Waals surface area contributed by atoms with Gasteiger partial charge in [0.15, 0.2) is 0 Å². The molecular weight excluding hydrogens is 200 g/mol. The number of carboxylic acids is 1. The first-order valence-electron chi connectivity index (χ1n) is 4.05. The smallest absolute Gasteiger partial charge is 0.330 e. The van der Waals surface area contributed by atoms with Crippen LogP contribution in [0.3, 0.4) is 0 Å². The van der Waals surface area contributed by atoms with Gasteiger partial charge < -0.3 is 10.8 Å². The molecule has 0 saturated heterocycles. The predicted octanol–water partition coefficient (Wildman–Crippen LogP) is 1.35. The third-order valence-corrected chi connectivity index (χ3v) is 3.06. The molecule has 0 unspecified atom stereocenters. The van der Waals surface area contributed by atoms with Gasteiger partial charge >= 0.3 is 5.97 Å². The molecule has 1 aromatic heterocycles. The summed E-state index contributed by atoms with van der Waals surface area (Å²) in [5.74, 6) is -1.04. The summed E-state index contributed by atoms with van der Waals surface area (Å²) >= 11 is 1.46. The van der Waals surface area contributed by atoms with E-state index in [9.17, 15) is 4.79 Å². The van der Waals surface area contributed by atoms with E-state index >= 15 is 0 Å². The fourth-order valence-corrected chi connectivity index (χ4v) is 1.75. The van der Waals surface area contributed by atoms with Crippen LogP contribution in [0.2, 0.25) is 0 Å². The van der Waals surface area contributed by atoms with Crippen LogP contribution in [0.25, 0.3) is 0 Å². The summed E-state index contributed by atoms with van der Waals surface area (Å²) in [6, 6.07) is 0. The maximum absolute atomic E-state index is 10.5. The number of allylic oxidation sites excluding steroid dienone is 1. The first kappa shape index (κ1) is 10.7. The average molecular weight is 212 g/mol. The van der Waals surface area contributed by atoms with Gasteiger partial charge in [0, 0.05) is 23.3 Å². The predicted molar refractivity (Wildman–Crippen MR) is 55.0 cm³/mol. The molecule has 0 radical (unpaired) electrons. The van der Waals surface area contributed by atoms with Gasteiger partial charge in [-0.2, -0.15) is 0 Å². The fraction of sp³-hybridized carbons (Fsp3) is 0.333. The molecule has 5 heteroatoms. The van der Waals surface area contributed by atoms with Gasteiger partial charge in [0.25, 0.3) is 0 Å². The summed E-state index contributed by atoms with van der Waals surface area (Å²) in [5.41, 5.74) is 5.47. The largest absolute Gasteiger partial charge is 0.478 e. The Balaban J connectivity index is 3.02. The number of hydrogen-bond donors (Lipinski definition) is 2. The van der Waals surface area contributed by atoms with E-state index < -0.39 is 11.4 Å². The number of aromatic nitrogens is 1. The normalized spacial score (nSPS) is 12.9. The van der Waals surface area contributed by atoms with E-state index in [0.29, 0.717) is 5.70 Å². The van der Waals surface area contributed by atoms with Crippen LogP contribution < -0.4 is 5.73 Å². The van der Waals surface area contributed by atoms with Crippen molar-refractivity contribution in [1.82, 2.24) is 4.98 Å². The van der Waals surface area contributed by atoms with E-state index in [-0.39, 0.29) is 0 Å². The summed E-state index contributed by atoms with van der Waals surface area (Å²) in [7, 11) is 0. The Kier molecular flexibility index (Phi) is 2.90. The van der Waals surface area contributed by atoms with Gasteiger partial charge in [-0.05, 0) is 13.8 Å². The lowest BCUT2D eigenvalue weighted by Gasteiger charge is -2.21. The molecule has 76 valence electrons. The maximum Gasteiger partial charge on any atom is 0.330 e. The highest BCUT2D eigenvalue weighted by atomic mass is 32.1. The highest BCUT2D eigenvalue weighted by molar-refractivity contribution is 7.09. The Labute approximate surface area is 86.1 Å². The van der Waals surface area contributed by atoms with E-state index in [1.165, 1.54) is 11.3 Å². The second-order valence-electron chi connectivity index (χ2n) is 3.40. The summed E-state index contributed by atoms with van der Waals surface area (Å²) < 4.78 is 0. The number of nitrogens with zero attached hydrogens (tertiary/aromatic N) is 1. The van der Waals surface area contributed by atoms with Crippen LogP contribution in [-0.2, 0) is 10.2 Å². The maximum atomic E-state index is 10.5. The van der Waals surface area contributed by atoms with Crippen LogP contribution in [0.15, 0.2) is 23.3 Å². The molecule has 0 fully saturated rings. The molecule has 0 bridgehead atoms. The van der Waals surface area contributed by atoms with Gasteiger partial charge in [0.2, 0.25) is 0 Å². The molecular formula is C9H12N2O2S. The number of carboxylic acid groups (broad SMARTS) is 1. The number of thiazole rings is 1. The summed E-state index contributed by atoms with van der Waals surface area (Å²) in [5, 5.41) is 11.2. The number of hydrogen-bond acceptors (Lipinski definition) is 4. The Morgan fingerprint density at radius 1 is 1.71 bits per heavy atom. The second kappa shape index (κ2) is 3.79. The molecule has 1 aromatic rings. The van der Waals surface area contributed by atoms with Crippen LogP contribution in [0.5, 0.6) is 0 Å². The Morgan fingerprint density at radius 2 is 2.36 bits per heavy atom. The number of carbonyl (C=O) groups is 1. The minimum absolute atomic E-state index is 0.306. The minimum atomic E-state index is -1.04. The van der Waals surface area contributed by atoms with E-state index in [0.717, 1.165) is 11.1 Å². The van der Waals surface area contributed by atoms with E-state index in [1.807, 2.05) is 19.2 Å². The molecule has 1 rings (SSSR count). The Morgan fingerprint density at radius 3 is 2.79 bits per heavy atom. The van der Waals surface area contributed by atoms with Crippen molar-refractivity contribution in [2.24, 2.45) is 5.73 Å². The van der Waals surface area contributed by atoms with Gasteiger partial charge in [0.1, 0.15) is 5.01 Å². The lowest BCUT2D eigenvalue weighted by Crippen LogP contribution is -2.26. The third kappa shape index (κ3) is 2.11. The topological polar surface area (TPSA) is 76.2 Å². The van der Waals surface area contributed by atoms with Crippen molar-refractivity contribution in [3.8, 4) is 0 Å². The van der Waals surface area contributed by atoms with Crippen molar-refractivity contribution in [3.63, 3.8) is 0 Å². The molecule has 0 aliphatic carbocycles. The lowest BCUT2D eigenvalue weighted by atomic mass is 9.90. The van der Waals surface area contributed by atoms with Gasteiger partial charge in [-0.1, -0.05) is 0 Å². The van der Waals surface area contributed by atoms with Crippen LogP contribution in [0.1, 0.15) is 18.9 Å². The first-order valence-corrected chi connectivity index (χ1v) is 4.93. The quantitative estimate of drug-likeness (QED) is 0.741. The van der Waals surface area contributed by atoms with Crippen LogP contribution in [-0.4, -0.2) is 16.1 Å². The molecule has 0 amide bonds. The van der Waals surface area contributed by atoms with Crippen molar-refractivity contribution < 1.29 is 9.90 Å². The Bertz CT molecular complexity index is 355. The molecule has 0 saturated carbocycles. The SMILES string of the molecule is CC(C)(C(N)=CC(=O)O)c1nccs1. The van der Waals surface area contributed by atoms with Crippen LogP contribution in [0.4, 0.5) is 0 Å². The van der Waals surface area contributed by atoms with Crippen molar-refractivity contribution in [1.29, 1.82) is 0 Å². The molecule has 0 spiro atoms. The van der Waals surface area contributed by atoms with Crippen LogP contribution >= 0.6 is 11.3 Å². The molecule has 0 aliphatic heterocycles. The number of nitrogens with two attached hydrogens (primary N) is 1. The summed E-state index contributed by atoms with van der Waals surface area (Å²) in [6.07, 6.45) is 2.69. The Hall–Kier alpha value is -1.36. The molecule has 4 nitrogen and oxygen atoms in total. The summed E-state index contributed by atoms with van der Waals surface area (Å²) in [4.78, 5) is 14.6. The average Bonchev–Trinajstić information content (AvgIpc) is 2.54. The molecule has 0 atom stereocenters. The molecule has 0 aliphatic rings. The van der Waals surface area contributed by atoms with Crippen LogP contribution in [0, 0.1) is 0 Å². The zero-order valence-electron chi connectivity index (χ0n) is 8.02. The van der Waals surface area contributed by atoms with Gasteiger partial charge in [-0.25, -0.2) is 9.78 Å².